The van der Waals surface area contributed by atoms with Crippen molar-refractivity contribution in [1.29, 1.82) is 0 Å². The quantitative estimate of drug-likeness (QED) is 0.718. The van der Waals surface area contributed by atoms with Gasteiger partial charge in [0.1, 0.15) is 11.4 Å². The van der Waals surface area contributed by atoms with Crippen molar-refractivity contribution in [3.8, 4) is 0 Å². The highest BCUT2D eigenvalue weighted by Crippen LogP contribution is 2.42. The first-order valence-corrected chi connectivity index (χ1v) is 5.58. The molecule has 16 heavy (non-hydrogen) atoms. The van der Waals surface area contributed by atoms with E-state index in [0.29, 0.717) is 0 Å². The van der Waals surface area contributed by atoms with E-state index in [1.54, 1.807) is 6.07 Å². The molecule has 0 aromatic heterocycles. The van der Waals surface area contributed by atoms with Crippen LogP contribution in [-0.2, 0) is 15.1 Å². The Morgan fingerprint density at radius 2 is 2.06 bits per heavy atom. The molecule has 1 fully saturated rings. The first-order chi connectivity index (χ1) is 7.62. The lowest BCUT2D eigenvalue weighted by atomic mass is 9.92. The monoisotopic (exact) mass is 222 g/mol. The van der Waals surface area contributed by atoms with Gasteiger partial charge in [0.05, 0.1) is 0 Å². The molecular weight excluding hydrogens is 207 g/mol. The molecule has 0 atom stereocenters. The molecule has 0 heterocycles. The van der Waals surface area contributed by atoms with Gasteiger partial charge in [0, 0.05) is 6.92 Å². The molecule has 2 rings (SSSR count). The fourth-order valence-corrected chi connectivity index (χ4v) is 2.44. The maximum atomic E-state index is 13.2. The second-order valence-electron chi connectivity index (χ2n) is 4.31. The first kappa shape index (κ1) is 11.1. The number of halogens is 1. The summed E-state index contributed by atoms with van der Waals surface area (Å²) in [7, 11) is 0. The zero-order valence-electron chi connectivity index (χ0n) is 9.33. The molecule has 0 saturated heterocycles. The molecule has 0 radical (unpaired) electrons. The van der Waals surface area contributed by atoms with E-state index in [1.807, 2.05) is 6.07 Å². The van der Waals surface area contributed by atoms with Gasteiger partial charge in [-0.1, -0.05) is 12.1 Å². The summed E-state index contributed by atoms with van der Waals surface area (Å²) in [5.74, 6) is -0.581. The lowest BCUT2D eigenvalue weighted by molar-refractivity contribution is -0.157. The van der Waals surface area contributed by atoms with Crippen molar-refractivity contribution in [2.45, 2.75) is 38.2 Å². The summed E-state index contributed by atoms with van der Waals surface area (Å²) >= 11 is 0. The average molecular weight is 222 g/mol. The third-order valence-electron chi connectivity index (χ3n) is 3.10. The summed E-state index contributed by atoms with van der Waals surface area (Å²) in [5, 5.41) is 0. The molecule has 1 saturated carbocycles. The van der Waals surface area contributed by atoms with Gasteiger partial charge in [-0.3, -0.25) is 4.79 Å². The highest BCUT2D eigenvalue weighted by atomic mass is 19.1. The number of hydrogen-bond acceptors (Lipinski definition) is 2. The van der Waals surface area contributed by atoms with Crippen molar-refractivity contribution in [1.82, 2.24) is 0 Å². The largest absolute Gasteiger partial charge is 0.454 e. The lowest BCUT2D eigenvalue weighted by Crippen LogP contribution is -2.28. The second-order valence-corrected chi connectivity index (χ2v) is 4.31. The Bertz CT molecular complexity index is 395. The molecule has 0 bridgehead atoms. The Labute approximate surface area is 94.4 Å². The van der Waals surface area contributed by atoms with Crippen LogP contribution in [0.25, 0.3) is 0 Å². The van der Waals surface area contributed by atoms with Crippen LogP contribution in [0.15, 0.2) is 24.3 Å². The lowest BCUT2D eigenvalue weighted by Gasteiger charge is -2.29. The van der Waals surface area contributed by atoms with Gasteiger partial charge in [0.2, 0.25) is 0 Å². The number of carbonyl (C=O) groups excluding carboxylic acids is 1. The number of esters is 1. The van der Waals surface area contributed by atoms with Crippen molar-refractivity contribution >= 4 is 5.97 Å². The summed E-state index contributed by atoms with van der Waals surface area (Å²) in [6.07, 6.45) is 3.61. The van der Waals surface area contributed by atoms with Crippen LogP contribution in [0.1, 0.15) is 38.2 Å². The van der Waals surface area contributed by atoms with E-state index in [1.165, 1.54) is 19.1 Å². The third kappa shape index (κ3) is 2.08. The smallest absolute Gasteiger partial charge is 0.303 e. The standard InChI is InChI=1S/C13H15FO2/c1-10(15)16-13(7-2-3-8-13)11-5-4-6-12(14)9-11/h4-6,9H,2-3,7-8H2,1H3. The van der Waals surface area contributed by atoms with Gasteiger partial charge < -0.3 is 4.74 Å². The summed E-state index contributed by atoms with van der Waals surface area (Å²) in [6, 6.07) is 6.36. The Hall–Kier alpha value is -1.38. The molecule has 1 aliphatic carbocycles. The number of hydrogen-bond donors (Lipinski definition) is 0. The molecule has 1 aromatic carbocycles. The second kappa shape index (κ2) is 4.24. The molecule has 0 aliphatic heterocycles. The van der Waals surface area contributed by atoms with E-state index < -0.39 is 5.60 Å². The summed E-state index contributed by atoms with van der Waals surface area (Å²) in [5.41, 5.74) is 0.189. The van der Waals surface area contributed by atoms with E-state index in [4.69, 9.17) is 4.74 Å². The SMILES string of the molecule is CC(=O)OC1(c2cccc(F)c2)CCCC1. The van der Waals surface area contributed by atoms with E-state index in [0.717, 1.165) is 31.2 Å². The maximum Gasteiger partial charge on any atom is 0.303 e. The van der Waals surface area contributed by atoms with Gasteiger partial charge in [-0.15, -0.1) is 0 Å². The molecule has 0 spiro atoms. The molecule has 86 valence electrons. The number of rotatable bonds is 2. The molecule has 1 aliphatic rings. The van der Waals surface area contributed by atoms with Gasteiger partial charge in [-0.05, 0) is 43.4 Å². The van der Waals surface area contributed by atoms with Crippen LogP contribution in [-0.4, -0.2) is 5.97 Å². The molecule has 0 unspecified atom stereocenters. The molecular formula is C13H15FO2. The number of benzene rings is 1. The molecule has 0 amide bonds. The molecule has 3 heteroatoms. The first-order valence-electron chi connectivity index (χ1n) is 5.58. The van der Waals surface area contributed by atoms with Crippen molar-refractivity contribution in [2.75, 3.05) is 0 Å². The predicted octanol–water partition coefficient (Wildman–Crippen LogP) is 3.16. The maximum absolute atomic E-state index is 13.2. The van der Waals surface area contributed by atoms with Gasteiger partial charge in [0.25, 0.3) is 0 Å². The Balaban J connectivity index is 2.35. The van der Waals surface area contributed by atoms with Gasteiger partial charge in [0.15, 0.2) is 0 Å². The van der Waals surface area contributed by atoms with Crippen molar-refractivity contribution < 1.29 is 13.9 Å². The van der Waals surface area contributed by atoms with E-state index in [2.05, 4.69) is 0 Å². The Morgan fingerprint density at radius 1 is 1.38 bits per heavy atom. The highest BCUT2D eigenvalue weighted by molar-refractivity contribution is 5.67. The van der Waals surface area contributed by atoms with Crippen LogP contribution >= 0.6 is 0 Å². The van der Waals surface area contributed by atoms with E-state index in [9.17, 15) is 9.18 Å². The molecule has 1 aromatic rings. The highest BCUT2D eigenvalue weighted by Gasteiger charge is 2.38. The van der Waals surface area contributed by atoms with Gasteiger partial charge in [-0.2, -0.15) is 0 Å². The van der Waals surface area contributed by atoms with Crippen LogP contribution in [0, 0.1) is 5.82 Å². The van der Waals surface area contributed by atoms with Crippen LogP contribution in [0.3, 0.4) is 0 Å². The normalized spacial score (nSPS) is 18.4. The zero-order chi connectivity index (χ0) is 11.6. The Kier molecular flexibility index (Phi) is 2.95. The fourth-order valence-electron chi connectivity index (χ4n) is 2.44. The van der Waals surface area contributed by atoms with Crippen LogP contribution in [0.4, 0.5) is 4.39 Å². The van der Waals surface area contributed by atoms with Crippen LogP contribution < -0.4 is 0 Å². The Morgan fingerprint density at radius 3 is 2.62 bits per heavy atom. The minimum Gasteiger partial charge on any atom is -0.454 e. The van der Waals surface area contributed by atoms with Crippen molar-refractivity contribution in [2.24, 2.45) is 0 Å². The molecule has 2 nitrogen and oxygen atoms in total. The van der Waals surface area contributed by atoms with Gasteiger partial charge in [-0.25, -0.2) is 4.39 Å². The molecule has 0 N–H and O–H groups in total. The van der Waals surface area contributed by atoms with Crippen molar-refractivity contribution in [3.63, 3.8) is 0 Å². The minimum absolute atomic E-state index is 0.282. The fraction of sp³-hybridized carbons (Fsp3) is 0.462. The number of carbonyl (C=O) groups is 1. The summed E-state index contributed by atoms with van der Waals surface area (Å²) in [6.45, 7) is 1.40. The zero-order valence-corrected chi connectivity index (χ0v) is 9.33. The topological polar surface area (TPSA) is 26.3 Å². The summed E-state index contributed by atoms with van der Waals surface area (Å²) in [4.78, 5) is 11.1. The third-order valence-corrected chi connectivity index (χ3v) is 3.10. The van der Waals surface area contributed by atoms with Gasteiger partial charge >= 0.3 is 5.97 Å². The van der Waals surface area contributed by atoms with Crippen LogP contribution in [0.2, 0.25) is 0 Å². The minimum atomic E-state index is -0.589. The van der Waals surface area contributed by atoms with E-state index in [-0.39, 0.29) is 11.8 Å². The van der Waals surface area contributed by atoms with E-state index >= 15 is 0 Å². The number of ether oxygens (including phenoxy) is 1. The summed E-state index contributed by atoms with van der Waals surface area (Å²) < 4.78 is 18.6. The average Bonchev–Trinajstić information content (AvgIpc) is 2.66. The predicted molar refractivity (Wildman–Crippen MR) is 58.3 cm³/mol. The van der Waals surface area contributed by atoms with Crippen LogP contribution in [0.5, 0.6) is 0 Å². The van der Waals surface area contributed by atoms with Crippen molar-refractivity contribution in [3.05, 3.63) is 35.6 Å².